The van der Waals surface area contributed by atoms with Gasteiger partial charge in [-0.15, -0.1) is 10.1 Å². The van der Waals surface area contributed by atoms with Crippen molar-refractivity contribution < 1.29 is 71.1 Å². The number of nitrogens with zero attached hydrogens (tertiary/aromatic N) is 1. The molecular weight excluding hydrogens is 558 g/mol. The molecule has 1 aromatic carbocycles. The minimum Gasteiger partial charge on any atom is -0.475 e. The van der Waals surface area contributed by atoms with Gasteiger partial charge < -0.3 is 23.8 Å². The van der Waals surface area contributed by atoms with E-state index in [0.717, 1.165) is 6.92 Å². The number of esters is 1. The molecule has 10 nitrogen and oxygen atoms in total. The predicted octanol–water partition coefficient (Wildman–Crippen LogP) is 6.00. The molecule has 1 aliphatic heterocycles. The van der Waals surface area contributed by atoms with Crippen molar-refractivity contribution in [2.75, 3.05) is 13.4 Å². The van der Waals surface area contributed by atoms with Crippen LogP contribution in [0.2, 0.25) is 0 Å². The highest BCUT2D eigenvalue weighted by Crippen LogP contribution is 3.02. The largest absolute Gasteiger partial charge is 0.511 e. The monoisotopic (exact) mass is 575 g/mol. The van der Waals surface area contributed by atoms with E-state index < -0.39 is 86.6 Å². The van der Waals surface area contributed by atoms with E-state index in [0.29, 0.717) is 0 Å². The van der Waals surface area contributed by atoms with E-state index in [1.807, 2.05) is 0 Å². The number of aryl methyl sites for hydroxylation is 1. The van der Waals surface area contributed by atoms with Crippen LogP contribution in [0.4, 0.5) is 37.4 Å². The topological polar surface area (TPSA) is 123 Å². The number of hydrogen-bond donors (Lipinski definition) is 0. The Labute approximate surface area is 201 Å². The summed E-state index contributed by atoms with van der Waals surface area (Å²) in [5.74, 6) is -2.68. The van der Waals surface area contributed by atoms with E-state index in [4.69, 9.17) is 0 Å². The third-order valence-corrected chi connectivity index (χ3v) is 5.59. The van der Waals surface area contributed by atoms with Crippen LogP contribution in [-0.4, -0.2) is 49.0 Å². The number of hydrogen-bond acceptors (Lipinski definition) is 9. The zero-order valence-electron chi connectivity index (χ0n) is 18.6. The van der Waals surface area contributed by atoms with Crippen LogP contribution >= 0.6 is 10.2 Å². The number of halogens is 8. The number of alkyl halides is 3. The second-order valence-corrected chi connectivity index (χ2v) is 9.90. The van der Waals surface area contributed by atoms with Gasteiger partial charge in [-0.2, -0.15) is 13.2 Å². The Balaban J connectivity index is 2.16. The lowest BCUT2D eigenvalue weighted by molar-refractivity contribution is -0.767. The zero-order valence-corrected chi connectivity index (χ0v) is 19.4. The lowest BCUT2D eigenvalue weighted by atomic mass is 9.99. The van der Waals surface area contributed by atoms with E-state index in [2.05, 4.69) is 23.8 Å². The van der Waals surface area contributed by atoms with E-state index in [1.54, 1.807) is 0 Å². The fourth-order valence-electron chi connectivity index (χ4n) is 2.86. The quantitative estimate of drug-likeness (QED) is 0.115. The molecule has 0 radical (unpaired) electrons. The molecule has 210 valence electrons. The van der Waals surface area contributed by atoms with E-state index in [1.165, 1.54) is 6.92 Å². The molecular formula is C18H17F8NO9S. The molecule has 0 aromatic heterocycles. The fourth-order valence-corrected chi connectivity index (χ4v) is 3.60. The van der Waals surface area contributed by atoms with Crippen molar-refractivity contribution in [3.8, 4) is 5.75 Å². The second-order valence-electron chi connectivity index (χ2n) is 7.49. The van der Waals surface area contributed by atoms with Crippen molar-refractivity contribution in [3.05, 3.63) is 38.9 Å². The summed E-state index contributed by atoms with van der Waals surface area (Å²) in [4.78, 5) is 35.5. The summed E-state index contributed by atoms with van der Waals surface area (Å²) in [6.45, 7) is 0.301. The Morgan fingerprint density at radius 2 is 1.76 bits per heavy atom. The molecule has 0 bridgehead atoms. The predicted molar refractivity (Wildman–Crippen MR) is 107 cm³/mol. The van der Waals surface area contributed by atoms with Crippen molar-refractivity contribution in [2.45, 2.75) is 43.5 Å². The van der Waals surface area contributed by atoms with E-state index >= 15 is 0 Å². The first-order valence-corrected chi connectivity index (χ1v) is 11.6. The average molecular weight is 575 g/mol. The highest BCUT2D eigenvalue weighted by molar-refractivity contribution is 8.45. The molecule has 0 aliphatic carbocycles. The molecule has 2 rings (SSSR count). The van der Waals surface area contributed by atoms with Crippen molar-refractivity contribution >= 4 is 28.4 Å². The third kappa shape index (κ3) is 8.25. The first kappa shape index (κ1) is 29.7. The van der Waals surface area contributed by atoms with Crippen LogP contribution in [0.25, 0.3) is 6.08 Å². The Bertz CT molecular complexity index is 1120. The lowest BCUT2D eigenvalue weighted by Crippen LogP contribution is -2.41. The molecule has 0 saturated heterocycles. The van der Waals surface area contributed by atoms with Gasteiger partial charge in [-0.3, -0.25) is 0 Å². The Morgan fingerprint density at radius 1 is 1.14 bits per heavy atom. The maximum atomic E-state index is 13.5. The van der Waals surface area contributed by atoms with Crippen molar-refractivity contribution in [1.82, 2.24) is 0 Å². The smallest absolute Gasteiger partial charge is 0.475 e. The Kier molecular flexibility index (Phi) is 7.56. The second kappa shape index (κ2) is 9.42. The highest BCUT2D eigenvalue weighted by atomic mass is 32.5. The summed E-state index contributed by atoms with van der Waals surface area (Å²) in [6.07, 6.45) is -10.7. The molecule has 19 heteroatoms. The van der Waals surface area contributed by atoms with Gasteiger partial charge in [0, 0.05) is 12.0 Å². The minimum absolute atomic E-state index is 0.0747. The molecule has 0 fully saturated rings. The zero-order chi connectivity index (χ0) is 28.5. The van der Waals surface area contributed by atoms with Crippen LogP contribution < -0.4 is 4.74 Å². The summed E-state index contributed by atoms with van der Waals surface area (Å²) in [5.41, 5.74) is -3.02. The van der Waals surface area contributed by atoms with Crippen molar-refractivity contribution in [3.63, 3.8) is 0 Å². The normalized spacial score (nSPS) is 18.1. The van der Waals surface area contributed by atoms with E-state index in [-0.39, 0.29) is 24.6 Å². The van der Waals surface area contributed by atoms with Crippen LogP contribution in [0.1, 0.15) is 24.5 Å². The summed E-state index contributed by atoms with van der Waals surface area (Å²) >= 11 is 0. The summed E-state index contributed by atoms with van der Waals surface area (Å²) in [6, 6.07) is -0.240. The molecule has 1 aromatic rings. The molecule has 37 heavy (non-hydrogen) atoms. The molecule has 0 amide bonds. The maximum Gasteiger partial charge on any atom is 0.511 e. The molecule has 0 spiro atoms. The van der Waals surface area contributed by atoms with Crippen LogP contribution in [0.3, 0.4) is 0 Å². The maximum absolute atomic E-state index is 13.5. The van der Waals surface area contributed by atoms with Crippen molar-refractivity contribution in [1.29, 1.82) is 0 Å². The van der Waals surface area contributed by atoms with Crippen LogP contribution in [-0.2, 0) is 23.8 Å². The molecule has 0 N–H and O–H groups in total. The molecule has 1 aliphatic rings. The van der Waals surface area contributed by atoms with Gasteiger partial charge in [0.15, 0.2) is 0 Å². The summed E-state index contributed by atoms with van der Waals surface area (Å²) in [7, 11) is -10.2. The van der Waals surface area contributed by atoms with E-state index in [9.17, 15) is 52.3 Å². The van der Waals surface area contributed by atoms with Crippen LogP contribution in [0.15, 0.2) is 22.6 Å². The number of ether oxygens (including phenoxy) is 4. The highest BCUT2D eigenvalue weighted by Gasteiger charge is 2.65. The molecule has 1 unspecified atom stereocenters. The van der Waals surface area contributed by atoms with Gasteiger partial charge in [0.2, 0.25) is 12.9 Å². The van der Waals surface area contributed by atoms with Crippen LogP contribution in [0, 0.1) is 17.0 Å². The van der Waals surface area contributed by atoms with Gasteiger partial charge >= 0.3 is 28.5 Å². The van der Waals surface area contributed by atoms with Gasteiger partial charge in [-0.05, 0) is 37.6 Å². The SMILES string of the molecule is Cc1cc(S(F)(F)(F)(F)F)cc2c1O[C@H](C(F)(F)F)C(C(=O)OCOC(=O)OCCC(C)O[N+](=O)[O-])=C2. The molecule has 0 saturated carbocycles. The molecule has 1 heterocycles. The van der Waals surface area contributed by atoms with Gasteiger partial charge in [0.05, 0.1) is 12.2 Å². The van der Waals surface area contributed by atoms with Gasteiger partial charge in [0.1, 0.15) is 16.7 Å². The summed E-state index contributed by atoms with van der Waals surface area (Å²) in [5, 5.41) is 9.05. The average Bonchev–Trinajstić information content (AvgIpc) is 2.69. The number of rotatable bonds is 9. The number of carbonyl (C=O) groups excluding carboxylic acids is 2. The first-order valence-electron chi connectivity index (χ1n) is 9.70. The summed E-state index contributed by atoms with van der Waals surface area (Å²) < 4.78 is 124. The van der Waals surface area contributed by atoms with Gasteiger partial charge in [-0.1, -0.05) is 19.4 Å². The van der Waals surface area contributed by atoms with Gasteiger partial charge in [0.25, 0.3) is 5.09 Å². The first-order chi connectivity index (χ1) is 16.6. The number of carbonyl (C=O) groups is 2. The van der Waals surface area contributed by atoms with Crippen molar-refractivity contribution in [2.24, 2.45) is 0 Å². The Morgan fingerprint density at radius 3 is 2.30 bits per heavy atom. The minimum atomic E-state index is -10.2. The fraction of sp³-hybridized carbons (Fsp3) is 0.444. The molecule has 2 atom stereocenters. The Hall–Kier alpha value is -3.51. The lowest BCUT2D eigenvalue weighted by Gasteiger charge is -2.41. The third-order valence-electron chi connectivity index (χ3n) is 4.46. The number of fused-ring (bicyclic) bond motifs is 1. The standard InChI is InChI=1S/C18H17F8NO9S/c1-9-5-12(37(22,23,24,25)26)6-11-7-13(15(18(19,20)21)35-14(9)11)16(28)33-8-34-17(29)32-4-3-10(2)36-27(30)31/h5-7,10,15H,3-4,8H2,1-2H3/t10?,15-/m0/s1. The van der Waals surface area contributed by atoms with Gasteiger partial charge in [-0.25, -0.2) is 9.59 Å². The van der Waals surface area contributed by atoms with Crippen LogP contribution in [0.5, 0.6) is 5.75 Å². The number of benzene rings is 1.